The molecule has 1 atom stereocenters. The van der Waals surface area contributed by atoms with Crippen LogP contribution in [0, 0.1) is 6.92 Å². The number of nitrogens with zero attached hydrogens (tertiary/aromatic N) is 2. The molecule has 3 nitrogen and oxygen atoms in total. The van der Waals surface area contributed by atoms with Crippen LogP contribution in [0.25, 0.3) is 5.65 Å². The van der Waals surface area contributed by atoms with Gasteiger partial charge in [0.15, 0.2) is 0 Å². The lowest BCUT2D eigenvalue weighted by Crippen LogP contribution is -2.12. The third kappa shape index (κ3) is 2.09. The molecule has 0 bridgehead atoms. The minimum atomic E-state index is 0.0942. The summed E-state index contributed by atoms with van der Waals surface area (Å²) in [6.07, 6.45) is 7.38. The number of pyridine rings is 1. The van der Waals surface area contributed by atoms with Crippen LogP contribution < -0.4 is 5.73 Å². The minimum absolute atomic E-state index is 0.0942. The van der Waals surface area contributed by atoms with Gasteiger partial charge >= 0.3 is 0 Å². The molecule has 0 aliphatic heterocycles. The van der Waals surface area contributed by atoms with Crippen LogP contribution in [0.1, 0.15) is 43.5 Å². The van der Waals surface area contributed by atoms with Crippen molar-refractivity contribution >= 4 is 5.65 Å². The standard InChI is InChI=1S/C13H19N3/c1-3-4-5-11(14)12-8-15-13-7-6-10(2)9-16(12)13/h6-9,11H,3-5,14H2,1-2H3. The first-order valence-corrected chi connectivity index (χ1v) is 5.91. The molecular weight excluding hydrogens is 198 g/mol. The van der Waals surface area contributed by atoms with Gasteiger partial charge in [0.2, 0.25) is 0 Å². The molecule has 0 aliphatic carbocycles. The number of hydrogen-bond acceptors (Lipinski definition) is 2. The number of aromatic nitrogens is 2. The van der Waals surface area contributed by atoms with Crippen LogP contribution in [0.3, 0.4) is 0 Å². The molecule has 0 spiro atoms. The van der Waals surface area contributed by atoms with Crippen molar-refractivity contribution in [2.75, 3.05) is 0 Å². The molecular formula is C13H19N3. The lowest BCUT2D eigenvalue weighted by molar-refractivity contribution is 0.587. The molecule has 16 heavy (non-hydrogen) atoms. The Balaban J connectivity index is 2.33. The van der Waals surface area contributed by atoms with Crippen LogP contribution in [0.2, 0.25) is 0 Å². The number of fused-ring (bicyclic) bond motifs is 1. The number of nitrogens with two attached hydrogens (primary N) is 1. The van der Waals surface area contributed by atoms with E-state index in [1.54, 1.807) is 0 Å². The van der Waals surface area contributed by atoms with Gasteiger partial charge in [0.1, 0.15) is 5.65 Å². The van der Waals surface area contributed by atoms with Crippen molar-refractivity contribution in [2.24, 2.45) is 5.73 Å². The maximum atomic E-state index is 6.18. The Morgan fingerprint density at radius 1 is 1.44 bits per heavy atom. The highest BCUT2D eigenvalue weighted by Crippen LogP contribution is 2.18. The van der Waals surface area contributed by atoms with Crippen LogP contribution >= 0.6 is 0 Å². The zero-order chi connectivity index (χ0) is 11.5. The predicted molar refractivity (Wildman–Crippen MR) is 66.4 cm³/mol. The van der Waals surface area contributed by atoms with Crippen molar-refractivity contribution in [1.29, 1.82) is 0 Å². The van der Waals surface area contributed by atoms with Crippen LogP contribution in [-0.2, 0) is 0 Å². The Bertz CT molecular complexity index is 473. The quantitative estimate of drug-likeness (QED) is 0.855. The second-order valence-corrected chi connectivity index (χ2v) is 4.37. The van der Waals surface area contributed by atoms with E-state index in [0.29, 0.717) is 0 Å². The summed E-state index contributed by atoms with van der Waals surface area (Å²) in [6.45, 7) is 4.27. The van der Waals surface area contributed by atoms with E-state index in [2.05, 4.69) is 35.5 Å². The Labute approximate surface area is 96.3 Å². The first-order chi connectivity index (χ1) is 7.72. The van der Waals surface area contributed by atoms with Gasteiger partial charge in [0.25, 0.3) is 0 Å². The summed E-state index contributed by atoms with van der Waals surface area (Å²) in [5.41, 5.74) is 9.51. The molecule has 3 heteroatoms. The molecule has 0 saturated carbocycles. The van der Waals surface area contributed by atoms with Crippen molar-refractivity contribution in [1.82, 2.24) is 9.38 Å². The summed E-state index contributed by atoms with van der Waals surface area (Å²) >= 11 is 0. The summed E-state index contributed by atoms with van der Waals surface area (Å²) in [5.74, 6) is 0. The fraction of sp³-hybridized carbons (Fsp3) is 0.462. The zero-order valence-electron chi connectivity index (χ0n) is 9.98. The van der Waals surface area contributed by atoms with Crippen LogP contribution in [-0.4, -0.2) is 9.38 Å². The van der Waals surface area contributed by atoms with Crippen molar-refractivity contribution < 1.29 is 0 Å². The molecule has 86 valence electrons. The van der Waals surface area contributed by atoms with Gasteiger partial charge < -0.3 is 10.1 Å². The second-order valence-electron chi connectivity index (χ2n) is 4.37. The smallest absolute Gasteiger partial charge is 0.136 e. The summed E-state index contributed by atoms with van der Waals surface area (Å²) in [4.78, 5) is 4.37. The molecule has 2 heterocycles. The third-order valence-corrected chi connectivity index (χ3v) is 2.93. The van der Waals surface area contributed by atoms with Gasteiger partial charge in [-0.15, -0.1) is 0 Å². The predicted octanol–water partition coefficient (Wildman–Crippen LogP) is 2.83. The Kier molecular flexibility index (Phi) is 3.25. The lowest BCUT2D eigenvalue weighted by Gasteiger charge is -2.10. The highest BCUT2D eigenvalue weighted by Gasteiger charge is 2.10. The lowest BCUT2D eigenvalue weighted by atomic mass is 10.1. The molecule has 2 aromatic rings. The Morgan fingerprint density at radius 3 is 3.00 bits per heavy atom. The van der Waals surface area contributed by atoms with Crippen LogP contribution in [0.5, 0.6) is 0 Å². The van der Waals surface area contributed by atoms with Gasteiger partial charge in [-0.05, 0) is 25.0 Å². The maximum absolute atomic E-state index is 6.18. The molecule has 0 aromatic carbocycles. The second kappa shape index (κ2) is 4.66. The normalized spacial score (nSPS) is 13.2. The molecule has 0 amide bonds. The first kappa shape index (κ1) is 11.1. The van der Waals surface area contributed by atoms with Crippen molar-refractivity contribution in [3.05, 3.63) is 35.8 Å². The van der Waals surface area contributed by atoms with E-state index in [4.69, 9.17) is 5.73 Å². The van der Waals surface area contributed by atoms with E-state index in [0.717, 1.165) is 17.8 Å². The van der Waals surface area contributed by atoms with E-state index in [1.165, 1.54) is 18.4 Å². The average molecular weight is 217 g/mol. The highest BCUT2D eigenvalue weighted by atomic mass is 15.0. The van der Waals surface area contributed by atoms with Crippen molar-refractivity contribution in [3.63, 3.8) is 0 Å². The SMILES string of the molecule is CCCCC(N)c1cnc2ccc(C)cn12. The summed E-state index contributed by atoms with van der Waals surface area (Å²) in [7, 11) is 0. The molecule has 0 saturated heterocycles. The average Bonchev–Trinajstić information content (AvgIpc) is 2.68. The van der Waals surface area contributed by atoms with Gasteiger partial charge in [0, 0.05) is 12.2 Å². The maximum Gasteiger partial charge on any atom is 0.136 e. The topological polar surface area (TPSA) is 43.3 Å². The fourth-order valence-corrected chi connectivity index (χ4v) is 1.95. The van der Waals surface area contributed by atoms with Crippen molar-refractivity contribution in [3.8, 4) is 0 Å². The van der Waals surface area contributed by atoms with Crippen LogP contribution in [0.4, 0.5) is 0 Å². The number of aryl methyl sites for hydroxylation is 1. The molecule has 0 aliphatic rings. The highest BCUT2D eigenvalue weighted by molar-refractivity contribution is 5.42. The number of rotatable bonds is 4. The molecule has 1 unspecified atom stereocenters. The molecule has 0 radical (unpaired) electrons. The molecule has 2 aromatic heterocycles. The van der Waals surface area contributed by atoms with E-state index in [-0.39, 0.29) is 6.04 Å². The van der Waals surface area contributed by atoms with E-state index in [1.807, 2.05) is 12.3 Å². The number of unbranched alkanes of at least 4 members (excludes halogenated alkanes) is 1. The first-order valence-electron chi connectivity index (χ1n) is 5.91. The van der Waals surface area contributed by atoms with E-state index < -0.39 is 0 Å². The van der Waals surface area contributed by atoms with E-state index >= 15 is 0 Å². The Hall–Kier alpha value is -1.35. The van der Waals surface area contributed by atoms with Crippen molar-refractivity contribution in [2.45, 2.75) is 39.2 Å². The van der Waals surface area contributed by atoms with Gasteiger partial charge in [-0.1, -0.05) is 25.8 Å². The Morgan fingerprint density at radius 2 is 2.25 bits per heavy atom. The number of imidazole rings is 1. The minimum Gasteiger partial charge on any atom is -0.323 e. The molecule has 2 rings (SSSR count). The fourth-order valence-electron chi connectivity index (χ4n) is 1.95. The summed E-state index contributed by atoms with van der Waals surface area (Å²) in [6, 6.07) is 4.20. The van der Waals surface area contributed by atoms with Crippen LogP contribution in [0.15, 0.2) is 24.5 Å². The summed E-state index contributed by atoms with van der Waals surface area (Å²) < 4.78 is 2.11. The van der Waals surface area contributed by atoms with Gasteiger partial charge in [-0.25, -0.2) is 4.98 Å². The van der Waals surface area contributed by atoms with Gasteiger partial charge in [-0.2, -0.15) is 0 Å². The van der Waals surface area contributed by atoms with Gasteiger partial charge in [0.05, 0.1) is 11.9 Å². The number of hydrogen-bond donors (Lipinski definition) is 1. The largest absolute Gasteiger partial charge is 0.323 e. The zero-order valence-corrected chi connectivity index (χ0v) is 9.98. The third-order valence-electron chi connectivity index (χ3n) is 2.93. The molecule has 0 fully saturated rings. The summed E-state index contributed by atoms with van der Waals surface area (Å²) in [5, 5.41) is 0. The monoisotopic (exact) mass is 217 g/mol. The van der Waals surface area contributed by atoms with E-state index in [9.17, 15) is 0 Å². The van der Waals surface area contributed by atoms with Gasteiger partial charge in [-0.3, -0.25) is 0 Å². The molecule has 2 N–H and O–H groups in total.